The zero-order chi connectivity index (χ0) is 16.9. The maximum atomic E-state index is 11.0. The van der Waals surface area contributed by atoms with Gasteiger partial charge in [-0.05, 0) is 23.8 Å². The fourth-order valence-corrected chi connectivity index (χ4v) is 2.67. The van der Waals surface area contributed by atoms with Gasteiger partial charge in [0, 0.05) is 23.5 Å². The monoisotopic (exact) mass is 341 g/mol. The van der Waals surface area contributed by atoms with Gasteiger partial charge in [0.15, 0.2) is 17.3 Å². The van der Waals surface area contributed by atoms with Crippen LogP contribution >= 0.6 is 11.5 Å². The minimum Gasteiger partial charge on any atom is -0.545 e. The molecule has 24 heavy (non-hydrogen) atoms. The lowest BCUT2D eigenvalue weighted by Crippen LogP contribution is -2.22. The van der Waals surface area contributed by atoms with E-state index in [4.69, 9.17) is 9.47 Å². The van der Waals surface area contributed by atoms with Gasteiger partial charge in [-0.15, -0.1) is 0 Å². The summed E-state index contributed by atoms with van der Waals surface area (Å²) in [6, 6.07) is 14.1. The van der Waals surface area contributed by atoms with Crippen molar-refractivity contribution in [3.63, 3.8) is 0 Å². The van der Waals surface area contributed by atoms with Crippen molar-refractivity contribution >= 4 is 17.5 Å². The number of aromatic nitrogens is 2. The van der Waals surface area contributed by atoms with Gasteiger partial charge in [0.25, 0.3) is 5.19 Å². The first-order chi connectivity index (χ1) is 11.7. The molecule has 0 atom stereocenters. The summed E-state index contributed by atoms with van der Waals surface area (Å²) in [5.41, 5.74) is 1.10. The van der Waals surface area contributed by atoms with Crippen molar-refractivity contribution in [2.24, 2.45) is 0 Å². The van der Waals surface area contributed by atoms with E-state index < -0.39 is 5.97 Å². The summed E-state index contributed by atoms with van der Waals surface area (Å²) in [7, 11) is 1.47. The number of benzene rings is 2. The van der Waals surface area contributed by atoms with Crippen molar-refractivity contribution in [2.75, 3.05) is 7.11 Å². The van der Waals surface area contributed by atoms with E-state index in [1.807, 2.05) is 30.3 Å². The summed E-state index contributed by atoms with van der Waals surface area (Å²) in [5, 5.41) is 11.3. The maximum Gasteiger partial charge on any atom is 0.298 e. The number of hydrogen-bond acceptors (Lipinski definition) is 7. The van der Waals surface area contributed by atoms with Crippen LogP contribution in [-0.2, 0) is 6.42 Å². The molecule has 3 aromatic rings. The van der Waals surface area contributed by atoms with Gasteiger partial charge in [-0.2, -0.15) is 9.36 Å². The average Bonchev–Trinajstić information content (AvgIpc) is 3.02. The van der Waals surface area contributed by atoms with Crippen LogP contribution in [0.2, 0.25) is 0 Å². The maximum absolute atomic E-state index is 11.0. The molecule has 122 valence electrons. The van der Waals surface area contributed by atoms with Crippen molar-refractivity contribution in [3.05, 3.63) is 65.5 Å². The predicted molar refractivity (Wildman–Crippen MR) is 86.6 cm³/mol. The molecule has 0 fully saturated rings. The number of carbonyl (C=O) groups is 1. The smallest absolute Gasteiger partial charge is 0.298 e. The Morgan fingerprint density at radius 1 is 1.17 bits per heavy atom. The Morgan fingerprint density at radius 3 is 2.67 bits per heavy atom. The van der Waals surface area contributed by atoms with Crippen molar-refractivity contribution in [3.8, 4) is 16.7 Å². The molecule has 0 unspecified atom stereocenters. The molecule has 0 saturated carbocycles. The largest absolute Gasteiger partial charge is 0.545 e. The molecule has 0 aliphatic heterocycles. The van der Waals surface area contributed by atoms with Crippen LogP contribution in [0, 0.1) is 0 Å². The highest BCUT2D eigenvalue weighted by Gasteiger charge is 2.12. The standard InChI is InChI=1S/C17H14N2O4S/c1-22-13-8-7-12(16(20)21)10-14(13)23-17-18-15(19-24-17)9-11-5-3-2-4-6-11/h2-8,10H,9H2,1H3,(H,20,21)/p-1. The second-order valence-corrected chi connectivity index (χ2v) is 5.61. The topological polar surface area (TPSA) is 84.4 Å². The molecule has 0 saturated heterocycles. The molecule has 6 nitrogen and oxygen atoms in total. The third kappa shape index (κ3) is 3.69. The highest BCUT2D eigenvalue weighted by molar-refractivity contribution is 7.07. The van der Waals surface area contributed by atoms with Gasteiger partial charge >= 0.3 is 0 Å². The van der Waals surface area contributed by atoms with Gasteiger partial charge in [-0.1, -0.05) is 30.3 Å². The Hall–Kier alpha value is -2.93. The van der Waals surface area contributed by atoms with Crippen LogP contribution in [0.3, 0.4) is 0 Å². The summed E-state index contributed by atoms with van der Waals surface area (Å²) in [6.07, 6.45) is 0.594. The van der Waals surface area contributed by atoms with Gasteiger partial charge in [0.1, 0.15) is 0 Å². The van der Waals surface area contributed by atoms with Gasteiger partial charge in [0.2, 0.25) is 0 Å². The first-order valence-corrected chi connectivity index (χ1v) is 7.87. The van der Waals surface area contributed by atoms with E-state index in [0.717, 1.165) is 17.1 Å². The zero-order valence-electron chi connectivity index (χ0n) is 12.8. The Balaban J connectivity index is 1.79. The highest BCUT2D eigenvalue weighted by Crippen LogP contribution is 2.33. The number of aromatic carboxylic acids is 1. The number of hydrogen-bond donors (Lipinski definition) is 0. The predicted octanol–water partition coefficient (Wildman–Crippen LogP) is 2.29. The molecule has 3 rings (SSSR count). The number of carboxylic acids is 1. The van der Waals surface area contributed by atoms with E-state index in [-0.39, 0.29) is 11.3 Å². The number of rotatable bonds is 6. The number of ether oxygens (including phenoxy) is 2. The van der Waals surface area contributed by atoms with E-state index in [2.05, 4.69) is 9.36 Å². The molecule has 0 radical (unpaired) electrons. The molecule has 0 aliphatic carbocycles. The fraction of sp³-hybridized carbons (Fsp3) is 0.118. The van der Waals surface area contributed by atoms with Crippen LogP contribution in [0.1, 0.15) is 21.7 Å². The quantitative estimate of drug-likeness (QED) is 0.684. The fourth-order valence-electron chi connectivity index (χ4n) is 2.11. The van der Waals surface area contributed by atoms with E-state index in [9.17, 15) is 9.90 Å². The normalized spacial score (nSPS) is 10.4. The van der Waals surface area contributed by atoms with Crippen LogP contribution in [-0.4, -0.2) is 22.4 Å². The number of carbonyl (C=O) groups excluding carboxylic acids is 1. The Bertz CT molecular complexity index is 849. The molecule has 1 heterocycles. The van der Waals surface area contributed by atoms with E-state index in [1.165, 1.54) is 25.3 Å². The zero-order valence-corrected chi connectivity index (χ0v) is 13.6. The van der Waals surface area contributed by atoms with Gasteiger partial charge in [-0.25, -0.2) is 0 Å². The van der Waals surface area contributed by atoms with Crippen molar-refractivity contribution in [2.45, 2.75) is 6.42 Å². The highest BCUT2D eigenvalue weighted by atomic mass is 32.1. The number of methoxy groups -OCH3 is 1. The molecule has 7 heteroatoms. The number of carboxylic acid groups (broad SMARTS) is 1. The van der Waals surface area contributed by atoms with Crippen molar-refractivity contribution < 1.29 is 19.4 Å². The van der Waals surface area contributed by atoms with Crippen molar-refractivity contribution in [1.29, 1.82) is 0 Å². The minimum absolute atomic E-state index is 0.000163. The molecular formula is C17H13N2O4S-. The molecule has 0 spiro atoms. The first-order valence-electron chi connectivity index (χ1n) is 7.09. The second kappa shape index (κ2) is 7.10. The molecular weight excluding hydrogens is 328 g/mol. The van der Waals surface area contributed by atoms with Crippen LogP contribution < -0.4 is 14.6 Å². The summed E-state index contributed by atoms with van der Waals surface area (Å²) in [6.45, 7) is 0. The second-order valence-electron chi connectivity index (χ2n) is 4.89. The molecule has 0 amide bonds. The molecule has 2 aromatic carbocycles. The third-order valence-corrected chi connectivity index (χ3v) is 3.88. The van der Waals surface area contributed by atoms with Gasteiger partial charge < -0.3 is 19.4 Å². The lowest BCUT2D eigenvalue weighted by molar-refractivity contribution is -0.255. The molecule has 1 aromatic heterocycles. The Labute approximate surface area is 142 Å². The summed E-state index contributed by atoms with van der Waals surface area (Å²) >= 11 is 1.10. The van der Waals surface area contributed by atoms with Crippen LogP contribution in [0.15, 0.2) is 48.5 Å². The summed E-state index contributed by atoms with van der Waals surface area (Å²) < 4.78 is 15.1. The number of nitrogens with zero attached hydrogens (tertiary/aromatic N) is 2. The van der Waals surface area contributed by atoms with Crippen molar-refractivity contribution in [1.82, 2.24) is 9.36 Å². The minimum atomic E-state index is -1.29. The SMILES string of the molecule is COc1ccc(C(=O)[O-])cc1Oc1nc(Cc2ccccc2)ns1. The molecule has 0 aliphatic rings. The Kier molecular flexibility index (Phi) is 4.72. The molecule has 0 N–H and O–H groups in total. The van der Waals surface area contributed by atoms with E-state index in [0.29, 0.717) is 23.2 Å². The Morgan fingerprint density at radius 2 is 1.96 bits per heavy atom. The molecule has 0 bridgehead atoms. The van der Waals surface area contributed by atoms with Gasteiger partial charge in [-0.3, -0.25) is 0 Å². The summed E-state index contributed by atoms with van der Waals surface area (Å²) in [4.78, 5) is 15.3. The lowest BCUT2D eigenvalue weighted by atomic mass is 10.1. The van der Waals surface area contributed by atoms with Crippen LogP contribution in [0.4, 0.5) is 0 Å². The third-order valence-electron chi connectivity index (χ3n) is 3.25. The average molecular weight is 341 g/mol. The van der Waals surface area contributed by atoms with Crippen LogP contribution in [0.25, 0.3) is 0 Å². The van der Waals surface area contributed by atoms with Gasteiger partial charge in [0.05, 0.1) is 13.1 Å². The summed E-state index contributed by atoms with van der Waals surface area (Å²) in [5.74, 6) is 0.00202. The lowest BCUT2D eigenvalue weighted by Gasteiger charge is -2.10. The van der Waals surface area contributed by atoms with E-state index in [1.54, 1.807) is 0 Å². The van der Waals surface area contributed by atoms with E-state index >= 15 is 0 Å². The van der Waals surface area contributed by atoms with Crippen LogP contribution in [0.5, 0.6) is 16.7 Å². The first kappa shape index (κ1) is 15.9.